The molecule has 0 saturated carbocycles. The van der Waals surface area contributed by atoms with Gasteiger partial charge in [-0.2, -0.15) is 5.26 Å². The Hall–Kier alpha value is -3.64. The molecular formula is C18H15N5O4. The van der Waals surface area contributed by atoms with E-state index in [0.29, 0.717) is 37.6 Å². The zero-order chi connectivity index (χ0) is 19.1. The van der Waals surface area contributed by atoms with E-state index in [0.717, 1.165) is 16.3 Å². The Morgan fingerprint density at radius 2 is 1.85 bits per heavy atom. The Morgan fingerprint density at radius 1 is 1.11 bits per heavy atom. The maximum Gasteiger partial charge on any atom is 0.262 e. The molecule has 0 unspecified atom stereocenters. The molecule has 1 aromatic carbocycles. The van der Waals surface area contributed by atoms with E-state index in [9.17, 15) is 19.6 Å². The van der Waals surface area contributed by atoms with Gasteiger partial charge in [-0.15, -0.1) is 0 Å². The number of nitrogens with two attached hydrogens (primary N) is 1. The van der Waals surface area contributed by atoms with Crippen LogP contribution in [0, 0.1) is 11.3 Å². The summed E-state index contributed by atoms with van der Waals surface area (Å²) in [5.74, 6) is -1.43. The number of nitrogens with zero attached hydrogens (tertiary/aromatic N) is 3. The number of ether oxygens (including phenoxy) is 1. The van der Waals surface area contributed by atoms with Gasteiger partial charge in [0.2, 0.25) is 0 Å². The second-order valence-electron chi connectivity index (χ2n) is 6.19. The smallest absolute Gasteiger partial charge is 0.262 e. The highest BCUT2D eigenvalue weighted by Gasteiger charge is 2.32. The largest absolute Gasteiger partial charge is 0.384 e. The quantitative estimate of drug-likeness (QED) is 0.717. The third kappa shape index (κ3) is 2.63. The van der Waals surface area contributed by atoms with Crippen molar-refractivity contribution in [2.45, 2.75) is 0 Å². The topological polar surface area (TPSA) is 130 Å². The minimum Gasteiger partial charge on any atom is -0.384 e. The Morgan fingerprint density at radius 3 is 2.56 bits per heavy atom. The average molecular weight is 365 g/mol. The first-order valence-corrected chi connectivity index (χ1v) is 8.29. The average Bonchev–Trinajstić information content (AvgIpc) is 2.96. The van der Waals surface area contributed by atoms with Gasteiger partial charge in [0.05, 0.1) is 41.3 Å². The summed E-state index contributed by atoms with van der Waals surface area (Å²) >= 11 is 0. The zero-order valence-corrected chi connectivity index (χ0v) is 14.2. The first-order chi connectivity index (χ1) is 13.0. The third-order valence-corrected chi connectivity index (χ3v) is 4.66. The van der Waals surface area contributed by atoms with Gasteiger partial charge in [-0.25, -0.2) is 0 Å². The minimum atomic E-state index is -0.647. The lowest BCUT2D eigenvalue weighted by molar-refractivity contribution is 0.0880. The van der Waals surface area contributed by atoms with Crippen LogP contribution < -0.4 is 21.5 Å². The monoisotopic (exact) mass is 365 g/mol. The number of benzene rings is 1. The SMILES string of the molecule is N#Cc1cc(-n2c(N)c3c(cc2=O)C(=O)NC3=O)ccc1N1CCOCC1. The first-order valence-electron chi connectivity index (χ1n) is 8.29. The number of nitriles is 1. The molecule has 0 radical (unpaired) electrons. The number of imide groups is 1. The molecule has 1 fully saturated rings. The van der Waals surface area contributed by atoms with E-state index in [-0.39, 0.29) is 16.9 Å². The van der Waals surface area contributed by atoms with Crippen molar-refractivity contribution >= 4 is 23.3 Å². The number of amides is 2. The number of nitrogen functional groups attached to an aromatic ring is 1. The maximum absolute atomic E-state index is 12.5. The van der Waals surface area contributed by atoms with Crippen molar-refractivity contribution in [3.05, 3.63) is 51.3 Å². The molecule has 9 heteroatoms. The van der Waals surface area contributed by atoms with E-state index in [4.69, 9.17) is 10.5 Å². The molecule has 2 aliphatic rings. The molecular weight excluding hydrogens is 350 g/mol. The Labute approximate surface area is 153 Å². The minimum absolute atomic E-state index is 0.0321. The van der Waals surface area contributed by atoms with E-state index in [1.165, 1.54) is 0 Å². The number of carbonyl (C=O) groups is 2. The first kappa shape index (κ1) is 16.8. The molecule has 136 valence electrons. The Kier molecular flexibility index (Phi) is 3.90. The zero-order valence-electron chi connectivity index (χ0n) is 14.2. The summed E-state index contributed by atoms with van der Waals surface area (Å²) in [6, 6.07) is 8.16. The van der Waals surface area contributed by atoms with E-state index in [1.807, 2.05) is 4.90 Å². The van der Waals surface area contributed by atoms with Crippen LogP contribution in [-0.2, 0) is 4.74 Å². The summed E-state index contributed by atoms with van der Waals surface area (Å²) in [6.07, 6.45) is 0. The fraction of sp³-hybridized carbons (Fsp3) is 0.222. The number of anilines is 2. The van der Waals surface area contributed by atoms with Gasteiger partial charge >= 0.3 is 0 Å². The lowest BCUT2D eigenvalue weighted by Gasteiger charge is -2.29. The fourth-order valence-electron chi connectivity index (χ4n) is 3.38. The van der Waals surface area contributed by atoms with Crippen molar-refractivity contribution in [2.24, 2.45) is 0 Å². The van der Waals surface area contributed by atoms with Crippen LogP contribution in [0.1, 0.15) is 26.3 Å². The molecule has 3 N–H and O–H groups in total. The normalized spacial score (nSPS) is 16.0. The van der Waals surface area contributed by atoms with Crippen LogP contribution >= 0.6 is 0 Å². The van der Waals surface area contributed by atoms with Gasteiger partial charge in [0.1, 0.15) is 11.9 Å². The van der Waals surface area contributed by atoms with Crippen LogP contribution in [0.2, 0.25) is 0 Å². The number of aromatic nitrogens is 1. The van der Waals surface area contributed by atoms with Crippen LogP contribution in [-0.4, -0.2) is 42.7 Å². The summed E-state index contributed by atoms with van der Waals surface area (Å²) in [5, 5.41) is 11.7. The standard InChI is InChI=1S/C18H15N5O4/c19-9-10-7-11(1-2-13(10)22-3-5-27-6-4-22)23-14(24)8-12-15(16(23)20)18(26)21-17(12)25/h1-2,7-8H,3-6,20H2,(H,21,25,26). The summed E-state index contributed by atoms with van der Waals surface area (Å²) < 4.78 is 6.45. The van der Waals surface area contributed by atoms with E-state index in [2.05, 4.69) is 11.4 Å². The van der Waals surface area contributed by atoms with Crippen LogP contribution in [0.25, 0.3) is 5.69 Å². The van der Waals surface area contributed by atoms with Crippen molar-refractivity contribution in [2.75, 3.05) is 36.9 Å². The molecule has 3 heterocycles. The van der Waals surface area contributed by atoms with Gasteiger partial charge < -0.3 is 15.4 Å². The van der Waals surface area contributed by atoms with Crippen molar-refractivity contribution in [3.8, 4) is 11.8 Å². The summed E-state index contributed by atoms with van der Waals surface area (Å²) in [4.78, 5) is 38.3. The highest BCUT2D eigenvalue weighted by atomic mass is 16.5. The number of morpholine rings is 1. The number of pyridine rings is 1. The van der Waals surface area contributed by atoms with E-state index < -0.39 is 17.4 Å². The van der Waals surface area contributed by atoms with Crippen LogP contribution in [0.3, 0.4) is 0 Å². The van der Waals surface area contributed by atoms with Gasteiger partial charge in [-0.1, -0.05) is 0 Å². The number of fused-ring (bicyclic) bond motifs is 1. The Bertz CT molecular complexity index is 1080. The number of rotatable bonds is 2. The van der Waals surface area contributed by atoms with Gasteiger partial charge in [-0.3, -0.25) is 24.3 Å². The highest BCUT2D eigenvalue weighted by Crippen LogP contribution is 2.27. The number of nitrogens with one attached hydrogen (secondary N) is 1. The molecule has 0 aliphatic carbocycles. The summed E-state index contributed by atoms with van der Waals surface area (Å²) in [6.45, 7) is 2.48. The van der Waals surface area contributed by atoms with E-state index >= 15 is 0 Å². The van der Waals surface area contributed by atoms with Crippen LogP contribution in [0.5, 0.6) is 0 Å². The molecule has 0 bridgehead atoms. The number of hydrogen-bond donors (Lipinski definition) is 2. The van der Waals surface area contributed by atoms with Gasteiger partial charge in [0, 0.05) is 19.2 Å². The third-order valence-electron chi connectivity index (χ3n) is 4.66. The van der Waals surface area contributed by atoms with Crippen LogP contribution in [0.15, 0.2) is 29.1 Å². The Balaban J connectivity index is 1.84. The van der Waals surface area contributed by atoms with Gasteiger partial charge in [0.15, 0.2) is 0 Å². The van der Waals surface area contributed by atoms with Gasteiger partial charge in [0.25, 0.3) is 17.4 Å². The maximum atomic E-state index is 12.5. The number of carbonyl (C=O) groups excluding carboxylic acids is 2. The lowest BCUT2D eigenvalue weighted by atomic mass is 10.1. The molecule has 0 spiro atoms. The molecule has 27 heavy (non-hydrogen) atoms. The van der Waals surface area contributed by atoms with Crippen molar-refractivity contribution in [3.63, 3.8) is 0 Å². The van der Waals surface area contributed by atoms with Crippen molar-refractivity contribution in [1.29, 1.82) is 5.26 Å². The molecule has 2 amide bonds. The van der Waals surface area contributed by atoms with Crippen LogP contribution in [0.4, 0.5) is 11.5 Å². The summed E-state index contributed by atoms with van der Waals surface area (Å²) in [5.41, 5.74) is 6.87. The second-order valence-corrected chi connectivity index (χ2v) is 6.19. The lowest BCUT2D eigenvalue weighted by Crippen LogP contribution is -2.36. The molecule has 4 rings (SSSR count). The highest BCUT2D eigenvalue weighted by molar-refractivity contribution is 6.23. The predicted octanol–water partition coefficient (Wildman–Crippen LogP) is 0.0116. The molecule has 0 atom stereocenters. The molecule has 2 aliphatic heterocycles. The fourth-order valence-corrected chi connectivity index (χ4v) is 3.38. The van der Waals surface area contributed by atoms with Crippen molar-refractivity contribution in [1.82, 2.24) is 9.88 Å². The summed E-state index contributed by atoms with van der Waals surface area (Å²) in [7, 11) is 0. The molecule has 1 saturated heterocycles. The number of hydrogen-bond acceptors (Lipinski definition) is 7. The molecule has 1 aromatic heterocycles. The molecule has 9 nitrogen and oxygen atoms in total. The second kappa shape index (κ2) is 6.26. The predicted molar refractivity (Wildman–Crippen MR) is 96.0 cm³/mol. The van der Waals surface area contributed by atoms with Crippen molar-refractivity contribution < 1.29 is 14.3 Å². The molecule has 2 aromatic rings. The van der Waals surface area contributed by atoms with E-state index in [1.54, 1.807) is 18.2 Å². The van der Waals surface area contributed by atoms with Gasteiger partial charge in [-0.05, 0) is 18.2 Å².